The fraction of sp³-hybridized carbons (Fsp3) is 0.286. The lowest BCUT2D eigenvalue weighted by atomic mass is 10.2. The third-order valence-corrected chi connectivity index (χ3v) is 3.44. The van der Waals surface area contributed by atoms with Crippen molar-refractivity contribution in [1.82, 2.24) is 9.88 Å². The van der Waals surface area contributed by atoms with Gasteiger partial charge in [-0.1, -0.05) is 12.1 Å². The monoisotopic (exact) mass is 321 g/mol. The van der Waals surface area contributed by atoms with Crippen molar-refractivity contribution in [2.75, 3.05) is 25.5 Å². The molecule has 2 aromatic rings. The molecule has 1 aromatic carbocycles. The molecule has 0 unspecified atom stereocenters. The van der Waals surface area contributed by atoms with E-state index < -0.39 is 0 Å². The third kappa shape index (κ3) is 3.23. The summed E-state index contributed by atoms with van der Waals surface area (Å²) < 4.78 is 0.943. The maximum absolute atomic E-state index is 11.8. The number of hydrogen-bond acceptors (Lipinski definition) is 3. The van der Waals surface area contributed by atoms with E-state index in [4.69, 9.17) is 0 Å². The Balaban J connectivity index is 2.19. The van der Waals surface area contributed by atoms with Gasteiger partial charge in [-0.15, -0.1) is 0 Å². The molecule has 4 nitrogen and oxygen atoms in total. The van der Waals surface area contributed by atoms with Gasteiger partial charge in [-0.3, -0.25) is 9.78 Å². The number of nitrogens with zero attached hydrogens (tertiary/aromatic N) is 2. The number of benzene rings is 1. The first-order valence-corrected chi connectivity index (χ1v) is 6.93. The van der Waals surface area contributed by atoms with Crippen LogP contribution in [0.15, 0.2) is 34.9 Å². The average Bonchev–Trinajstić information content (AvgIpc) is 2.43. The van der Waals surface area contributed by atoms with Gasteiger partial charge in [0.25, 0.3) is 0 Å². The summed E-state index contributed by atoms with van der Waals surface area (Å²) in [7, 11) is 1.79. The number of aromatic nitrogens is 1. The lowest BCUT2D eigenvalue weighted by molar-refractivity contribution is -0.127. The van der Waals surface area contributed by atoms with Crippen LogP contribution in [0.2, 0.25) is 0 Å². The Morgan fingerprint density at radius 3 is 3.00 bits per heavy atom. The predicted octanol–water partition coefficient (Wildman–Crippen LogP) is 2.89. The molecule has 1 amide bonds. The summed E-state index contributed by atoms with van der Waals surface area (Å²) in [5.74, 6) is 0.0663. The highest BCUT2D eigenvalue weighted by Crippen LogP contribution is 2.23. The first kappa shape index (κ1) is 13.8. The van der Waals surface area contributed by atoms with Gasteiger partial charge in [-0.2, -0.15) is 0 Å². The molecule has 0 saturated heterocycles. The van der Waals surface area contributed by atoms with Crippen molar-refractivity contribution >= 4 is 38.4 Å². The van der Waals surface area contributed by atoms with Crippen molar-refractivity contribution in [3.05, 3.63) is 34.9 Å². The summed E-state index contributed by atoms with van der Waals surface area (Å²) in [6, 6.07) is 7.89. The lowest BCUT2D eigenvalue weighted by Gasteiger charge is -2.15. The summed E-state index contributed by atoms with van der Waals surface area (Å²) in [5, 5.41) is 4.19. The number of carbonyl (C=O) groups excluding carboxylic acids is 1. The molecule has 0 aliphatic heterocycles. The highest BCUT2D eigenvalue weighted by molar-refractivity contribution is 9.10. The molecule has 0 saturated carbocycles. The number of para-hydroxylation sites is 1. The molecule has 1 aromatic heterocycles. The number of halogens is 1. The first-order valence-electron chi connectivity index (χ1n) is 6.14. The number of likely N-dealkylation sites (N-methyl/N-ethyl adjacent to an activating group) is 1. The summed E-state index contributed by atoms with van der Waals surface area (Å²) in [6.45, 7) is 2.94. The summed E-state index contributed by atoms with van der Waals surface area (Å²) in [5.41, 5.74) is 1.75. The number of carbonyl (C=O) groups is 1. The van der Waals surface area contributed by atoms with Crippen molar-refractivity contribution in [2.45, 2.75) is 6.92 Å². The van der Waals surface area contributed by atoms with Gasteiger partial charge in [0.05, 0.1) is 17.7 Å². The molecule has 100 valence electrons. The minimum Gasteiger partial charge on any atom is -0.374 e. The molecule has 0 aliphatic carbocycles. The zero-order valence-corrected chi connectivity index (χ0v) is 12.6. The van der Waals surface area contributed by atoms with Crippen LogP contribution < -0.4 is 5.32 Å². The molecule has 0 spiro atoms. The van der Waals surface area contributed by atoms with Gasteiger partial charge in [0, 0.05) is 29.6 Å². The third-order valence-electron chi connectivity index (χ3n) is 3.01. The van der Waals surface area contributed by atoms with E-state index >= 15 is 0 Å². The molecule has 1 N–H and O–H groups in total. The van der Waals surface area contributed by atoms with Crippen LogP contribution in [0.1, 0.15) is 6.92 Å². The number of fused-ring (bicyclic) bond motifs is 1. The number of pyridine rings is 1. The number of amides is 1. The largest absolute Gasteiger partial charge is 0.374 e. The Labute approximate surface area is 120 Å². The van der Waals surface area contributed by atoms with Gasteiger partial charge in [0.1, 0.15) is 0 Å². The summed E-state index contributed by atoms with van der Waals surface area (Å²) in [4.78, 5) is 17.8. The molecule has 19 heavy (non-hydrogen) atoms. The van der Waals surface area contributed by atoms with Crippen LogP contribution in [0, 0.1) is 0 Å². The molecule has 2 rings (SSSR count). The Kier molecular flexibility index (Phi) is 4.37. The van der Waals surface area contributed by atoms with E-state index in [0.29, 0.717) is 6.54 Å². The van der Waals surface area contributed by atoms with Crippen molar-refractivity contribution < 1.29 is 4.79 Å². The van der Waals surface area contributed by atoms with Gasteiger partial charge >= 0.3 is 0 Å². The Morgan fingerprint density at radius 2 is 2.26 bits per heavy atom. The van der Waals surface area contributed by atoms with E-state index in [2.05, 4.69) is 26.2 Å². The van der Waals surface area contributed by atoms with Gasteiger partial charge in [-0.25, -0.2) is 0 Å². The number of hydrogen-bond donors (Lipinski definition) is 1. The zero-order valence-electron chi connectivity index (χ0n) is 11.0. The average molecular weight is 322 g/mol. The van der Waals surface area contributed by atoms with Crippen LogP contribution in [0.5, 0.6) is 0 Å². The smallest absolute Gasteiger partial charge is 0.241 e. The minimum absolute atomic E-state index is 0.0663. The van der Waals surface area contributed by atoms with Crippen molar-refractivity contribution in [3.63, 3.8) is 0 Å². The predicted molar refractivity (Wildman–Crippen MR) is 81.2 cm³/mol. The summed E-state index contributed by atoms with van der Waals surface area (Å²) in [6.07, 6.45) is 1.76. The van der Waals surface area contributed by atoms with E-state index in [1.54, 1.807) is 18.1 Å². The van der Waals surface area contributed by atoms with Crippen LogP contribution in [0.3, 0.4) is 0 Å². The standard InChI is InChI=1S/C14H16BrN3O/c1-3-18(2)13(19)9-16-12-6-4-5-10-7-11(15)8-17-14(10)12/h4-8,16H,3,9H2,1-2H3. The number of anilines is 1. The van der Waals surface area contributed by atoms with Crippen LogP contribution in [-0.2, 0) is 4.79 Å². The second-order valence-electron chi connectivity index (χ2n) is 4.29. The van der Waals surface area contributed by atoms with Gasteiger partial charge in [0.2, 0.25) is 5.91 Å². The second-order valence-corrected chi connectivity index (χ2v) is 5.21. The molecular formula is C14H16BrN3O. The fourth-order valence-electron chi connectivity index (χ4n) is 1.76. The highest BCUT2D eigenvalue weighted by atomic mass is 79.9. The number of nitrogens with one attached hydrogen (secondary N) is 1. The minimum atomic E-state index is 0.0663. The second kappa shape index (κ2) is 6.02. The molecule has 5 heteroatoms. The molecule has 0 bridgehead atoms. The topological polar surface area (TPSA) is 45.2 Å². The highest BCUT2D eigenvalue weighted by Gasteiger charge is 2.08. The fourth-order valence-corrected chi connectivity index (χ4v) is 2.11. The zero-order chi connectivity index (χ0) is 13.8. The maximum Gasteiger partial charge on any atom is 0.241 e. The molecule has 0 fully saturated rings. The van der Waals surface area contributed by atoms with Gasteiger partial charge in [-0.05, 0) is 35.0 Å². The van der Waals surface area contributed by atoms with Crippen LogP contribution >= 0.6 is 15.9 Å². The van der Waals surface area contributed by atoms with Crippen LogP contribution in [0.25, 0.3) is 10.9 Å². The lowest BCUT2D eigenvalue weighted by Crippen LogP contribution is -2.31. The maximum atomic E-state index is 11.8. The Morgan fingerprint density at radius 1 is 1.47 bits per heavy atom. The quantitative estimate of drug-likeness (QED) is 0.941. The molecule has 0 radical (unpaired) electrons. The molecular weight excluding hydrogens is 306 g/mol. The van der Waals surface area contributed by atoms with Crippen molar-refractivity contribution in [3.8, 4) is 0 Å². The van der Waals surface area contributed by atoms with Gasteiger partial charge < -0.3 is 10.2 Å². The SMILES string of the molecule is CCN(C)C(=O)CNc1cccc2cc(Br)cnc12. The summed E-state index contributed by atoms with van der Waals surface area (Å²) >= 11 is 3.40. The van der Waals surface area contributed by atoms with Crippen molar-refractivity contribution in [2.24, 2.45) is 0 Å². The van der Waals surface area contributed by atoms with Gasteiger partial charge in [0.15, 0.2) is 0 Å². The van der Waals surface area contributed by atoms with E-state index in [9.17, 15) is 4.79 Å². The van der Waals surface area contributed by atoms with E-state index in [-0.39, 0.29) is 12.5 Å². The Hall–Kier alpha value is -1.62. The molecule has 0 atom stereocenters. The molecule has 1 heterocycles. The van der Waals surface area contributed by atoms with E-state index in [1.165, 1.54) is 0 Å². The van der Waals surface area contributed by atoms with E-state index in [1.807, 2.05) is 31.2 Å². The van der Waals surface area contributed by atoms with E-state index in [0.717, 1.165) is 21.1 Å². The van der Waals surface area contributed by atoms with Crippen LogP contribution in [0.4, 0.5) is 5.69 Å². The number of rotatable bonds is 4. The normalized spacial score (nSPS) is 10.5. The van der Waals surface area contributed by atoms with Crippen molar-refractivity contribution in [1.29, 1.82) is 0 Å². The molecule has 0 aliphatic rings. The Bertz CT molecular complexity index is 600. The van der Waals surface area contributed by atoms with Crippen LogP contribution in [-0.4, -0.2) is 35.9 Å². The first-order chi connectivity index (χ1) is 9.11.